The van der Waals surface area contributed by atoms with E-state index in [4.69, 9.17) is 9.47 Å². The van der Waals surface area contributed by atoms with Gasteiger partial charge in [-0.15, -0.1) is 0 Å². The number of aliphatic hydroxyl groups excluding tert-OH is 1. The van der Waals surface area contributed by atoms with Crippen molar-refractivity contribution in [2.75, 3.05) is 44.0 Å². The number of aliphatic hydroxyl groups is 1. The van der Waals surface area contributed by atoms with Crippen molar-refractivity contribution in [3.05, 3.63) is 29.0 Å². The molecule has 9 heteroatoms. The van der Waals surface area contributed by atoms with Crippen LogP contribution >= 0.6 is 0 Å². The van der Waals surface area contributed by atoms with Crippen molar-refractivity contribution in [3.63, 3.8) is 0 Å². The third-order valence-corrected chi connectivity index (χ3v) is 4.92. The third kappa shape index (κ3) is 4.10. The van der Waals surface area contributed by atoms with Gasteiger partial charge in [0.2, 0.25) is 5.95 Å². The Morgan fingerprint density at radius 3 is 2.83 bits per heavy atom. The molecule has 2 aromatic heterocycles. The smallest absolute Gasteiger partial charge is 0.259 e. The van der Waals surface area contributed by atoms with Gasteiger partial charge in [0.15, 0.2) is 5.75 Å². The number of fused-ring (bicyclic) bond motifs is 1. The molecule has 0 aromatic carbocycles. The zero-order chi connectivity index (χ0) is 20.4. The average Bonchev–Trinajstić information content (AvgIpc) is 2.92. The highest BCUT2D eigenvalue weighted by molar-refractivity contribution is 5.79. The summed E-state index contributed by atoms with van der Waals surface area (Å²) in [5.74, 6) is 2.83. The fourth-order valence-electron chi connectivity index (χ4n) is 3.57. The summed E-state index contributed by atoms with van der Waals surface area (Å²) in [5.41, 5.74) is 3.64. The summed E-state index contributed by atoms with van der Waals surface area (Å²) >= 11 is 0. The van der Waals surface area contributed by atoms with Crippen LogP contribution in [0.2, 0.25) is 0 Å². The lowest BCUT2D eigenvalue weighted by Crippen LogP contribution is -2.24. The number of anilines is 3. The Labute approximate surface area is 169 Å². The molecule has 0 spiro atoms. The molecule has 2 aliphatic heterocycles. The van der Waals surface area contributed by atoms with Gasteiger partial charge in [-0.1, -0.05) is 6.08 Å². The molecule has 154 valence electrons. The number of nitrogens with one attached hydrogen (secondary N) is 3. The molecule has 4 rings (SSSR count). The summed E-state index contributed by atoms with van der Waals surface area (Å²) in [7, 11) is 1.81. The molecule has 0 saturated heterocycles. The van der Waals surface area contributed by atoms with E-state index in [1.165, 1.54) is 0 Å². The summed E-state index contributed by atoms with van der Waals surface area (Å²) in [6.07, 6.45) is 2.15. The van der Waals surface area contributed by atoms with E-state index in [2.05, 4.69) is 37.0 Å². The molecule has 4 heterocycles. The SMILES string of the molecule is CNc1cc(C)nc(Nc2nc3c(c(C4=CCNC[C@@H](O)C4)c2C)OCCO3)n1. The van der Waals surface area contributed by atoms with Gasteiger partial charge in [0.05, 0.1) is 6.10 Å². The Hall–Kier alpha value is -2.91. The maximum Gasteiger partial charge on any atom is 0.259 e. The van der Waals surface area contributed by atoms with Gasteiger partial charge in [0.25, 0.3) is 5.88 Å². The van der Waals surface area contributed by atoms with Crippen LogP contribution in [0.4, 0.5) is 17.6 Å². The second-order valence-electron chi connectivity index (χ2n) is 7.13. The van der Waals surface area contributed by atoms with E-state index in [0.29, 0.717) is 56.1 Å². The van der Waals surface area contributed by atoms with Crippen molar-refractivity contribution >= 4 is 23.2 Å². The Balaban J connectivity index is 1.79. The van der Waals surface area contributed by atoms with Crippen LogP contribution in [0.1, 0.15) is 23.2 Å². The first-order valence-corrected chi connectivity index (χ1v) is 9.74. The fourth-order valence-corrected chi connectivity index (χ4v) is 3.57. The van der Waals surface area contributed by atoms with Gasteiger partial charge in [-0.2, -0.15) is 9.97 Å². The van der Waals surface area contributed by atoms with E-state index in [1.54, 1.807) is 0 Å². The molecule has 0 bridgehead atoms. The minimum Gasteiger partial charge on any atom is -0.484 e. The van der Waals surface area contributed by atoms with Gasteiger partial charge in [0, 0.05) is 49.4 Å². The minimum absolute atomic E-state index is 0.438. The lowest BCUT2D eigenvalue weighted by molar-refractivity contribution is 0.163. The number of β-amino-alcohol motifs (C(OH)–C–C–N with tert-alkyl or cyclic N) is 1. The van der Waals surface area contributed by atoms with E-state index in [1.807, 2.05) is 27.0 Å². The second kappa shape index (κ2) is 8.22. The monoisotopic (exact) mass is 398 g/mol. The Morgan fingerprint density at radius 1 is 1.17 bits per heavy atom. The quantitative estimate of drug-likeness (QED) is 0.612. The number of pyridine rings is 1. The molecule has 4 N–H and O–H groups in total. The predicted octanol–water partition coefficient (Wildman–Crippen LogP) is 1.78. The van der Waals surface area contributed by atoms with E-state index in [-0.39, 0.29) is 0 Å². The first-order chi connectivity index (χ1) is 14.0. The Kier molecular flexibility index (Phi) is 5.50. The van der Waals surface area contributed by atoms with Crippen LogP contribution in [0.15, 0.2) is 12.1 Å². The molecular weight excluding hydrogens is 372 g/mol. The van der Waals surface area contributed by atoms with Crippen LogP contribution in [0.3, 0.4) is 0 Å². The standard InChI is InChI=1S/C20H26N6O3/c1-11-8-15(21-3)24-20(23-11)26-18-12(2)16(13-4-5-22-10-14(27)9-13)17-19(25-18)29-7-6-28-17/h4,8,14,22,27H,5-7,9-10H2,1-3H3,(H2,21,23,24,25,26)/t14-/m0/s1. The summed E-state index contributed by atoms with van der Waals surface area (Å²) in [4.78, 5) is 13.5. The maximum absolute atomic E-state index is 10.3. The van der Waals surface area contributed by atoms with Crippen molar-refractivity contribution in [2.24, 2.45) is 0 Å². The average molecular weight is 398 g/mol. The van der Waals surface area contributed by atoms with Crippen LogP contribution in [0, 0.1) is 13.8 Å². The number of aromatic nitrogens is 3. The van der Waals surface area contributed by atoms with E-state index in [9.17, 15) is 5.11 Å². The predicted molar refractivity (Wildman–Crippen MR) is 111 cm³/mol. The van der Waals surface area contributed by atoms with Gasteiger partial charge in [0.1, 0.15) is 24.8 Å². The van der Waals surface area contributed by atoms with Crippen molar-refractivity contribution in [1.82, 2.24) is 20.3 Å². The van der Waals surface area contributed by atoms with Crippen LogP contribution in [-0.4, -0.2) is 59.5 Å². The lowest BCUT2D eigenvalue weighted by atomic mass is 9.95. The molecule has 0 amide bonds. The molecule has 2 aromatic rings. The Morgan fingerprint density at radius 2 is 2.00 bits per heavy atom. The van der Waals surface area contributed by atoms with Crippen molar-refractivity contribution < 1.29 is 14.6 Å². The number of hydrogen-bond donors (Lipinski definition) is 4. The molecule has 0 unspecified atom stereocenters. The van der Waals surface area contributed by atoms with Crippen LogP contribution in [-0.2, 0) is 0 Å². The molecule has 9 nitrogen and oxygen atoms in total. The fraction of sp³-hybridized carbons (Fsp3) is 0.450. The van der Waals surface area contributed by atoms with Crippen LogP contribution < -0.4 is 25.4 Å². The summed E-state index contributed by atoms with van der Waals surface area (Å²) in [5, 5.41) is 19.8. The minimum atomic E-state index is -0.467. The van der Waals surface area contributed by atoms with Gasteiger partial charge >= 0.3 is 0 Å². The normalized spacial score (nSPS) is 18.6. The number of ether oxygens (including phenoxy) is 2. The van der Waals surface area contributed by atoms with Crippen molar-refractivity contribution in [1.29, 1.82) is 0 Å². The number of nitrogens with zero attached hydrogens (tertiary/aromatic N) is 3. The highest BCUT2D eigenvalue weighted by Gasteiger charge is 2.27. The third-order valence-electron chi connectivity index (χ3n) is 4.92. The highest BCUT2D eigenvalue weighted by atomic mass is 16.6. The number of hydrogen-bond acceptors (Lipinski definition) is 9. The van der Waals surface area contributed by atoms with Gasteiger partial charge in [-0.3, -0.25) is 0 Å². The Bertz CT molecular complexity index is 946. The molecule has 0 saturated carbocycles. The molecule has 0 fully saturated rings. The second-order valence-corrected chi connectivity index (χ2v) is 7.13. The first-order valence-electron chi connectivity index (χ1n) is 9.74. The molecule has 0 radical (unpaired) electrons. The number of aryl methyl sites for hydroxylation is 1. The molecule has 0 aliphatic carbocycles. The lowest BCUT2D eigenvalue weighted by Gasteiger charge is -2.25. The largest absolute Gasteiger partial charge is 0.484 e. The van der Waals surface area contributed by atoms with E-state index >= 15 is 0 Å². The maximum atomic E-state index is 10.3. The number of rotatable bonds is 4. The summed E-state index contributed by atoms with van der Waals surface area (Å²) < 4.78 is 11.7. The van der Waals surface area contributed by atoms with Crippen LogP contribution in [0.25, 0.3) is 5.57 Å². The highest BCUT2D eigenvalue weighted by Crippen LogP contribution is 2.42. The summed E-state index contributed by atoms with van der Waals surface area (Å²) in [6, 6.07) is 1.87. The zero-order valence-corrected chi connectivity index (χ0v) is 16.9. The molecule has 1 atom stereocenters. The van der Waals surface area contributed by atoms with Gasteiger partial charge < -0.3 is 30.5 Å². The van der Waals surface area contributed by atoms with Crippen LogP contribution in [0.5, 0.6) is 11.6 Å². The topological polar surface area (TPSA) is 113 Å². The van der Waals surface area contributed by atoms with E-state index < -0.39 is 6.10 Å². The molecule has 2 aliphatic rings. The zero-order valence-electron chi connectivity index (χ0n) is 16.9. The van der Waals surface area contributed by atoms with Crippen molar-refractivity contribution in [3.8, 4) is 11.6 Å². The van der Waals surface area contributed by atoms with Crippen molar-refractivity contribution in [2.45, 2.75) is 26.4 Å². The van der Waals surface area contributed by atoms with E-state index in [0.717, 1.165) is 28.2 Å². The molecule has 29 heavy (non-hydrogen) atoms. The molecular formula is C20H26N6O3. The van der Waals surface area contributed by atoms with Gasteiger partial charge in [-0.05, 0) is 19.4 Å². The summed E-state index contributed by atoms with van der Waals surface area (Å²) in [6.45, 7) is 6.03. The van der Waals surface area contributed by atoms with Gasteiger partial charge in [-0.25, -0.2) is 4.98 Å². The first kappa shape index (κ1) is 19.4.